The van der Waals surface area contributed by atoms with Gasteiger partial charge in [0.05, 0.1) is 12.8 Å². The highest BCUT2D eigenvalue weighted by molar-refractivity contribution is 5.74. The first-order chi connectivity index (χ1) is 13.7. The maximum absolute atomic E-state index is 12.5. The van der Waals surface area contributed by atoms with Crippen molar-refractivity contribution in [3.05, 3.63) is 60.1 Å². The van der Waals surface area contributed by atoms with Crippen LogP contribution in [0.25, 0.3) is 0 Å². The molecule has 0 radical (unpaired) electrons. The van der Waals surface area contributed by atoms with Gasteiger partial charge in [-0.05, 0) is 24.1 Å². The summed E-state index contributed by atoms with van der Waals surface area (Å²) in [6.45, 7) is 2.25. The van der Waals surface area contributed by atoms with Gasteiger partial charge in [-0.3, -0.25) is 0 Å². The number of piperidine rings is 1. The fourth-order valence-corrected chi connectivity index (χ4v) is 3.98. The van der Waals surface area contributed by atoms with E-state index in [1.165, 1.54) is 5.56 Å². The Hall–Kier alpha value is -2.96. The van der Waals surface area contributed by atoms with Crippen molar-refractivity contribution in [2.75, 3.05) is 26.2 Å². The minimum atomic E-state index is -0.439. The average Bonchev–Trinajstić information content (AvgIpc) is 3.37. The van der Waals surface area contributed by atoms with Gasteiger partial charge < -0.3 is 24.7 Å². The molecule has 0 aliphatic carbocycles. The van der Waals surface area contributed by atoms with Crippen LogP contribution in [0.4, 0.5) is 9.59 Å². The SMILES string of the molecule is O=C1NCC2(CCN(C(=O)NCC[C@H](c3ccccc3)c3ccco3)CC2)O1. The van der Waals surface area contributed by atoms with Gasteiger partial charge >= 0.3 is 12.1 Å². The molecule has 1 spiro atoms. The second kappa shape index (κ2) is 7.96. The summed E-state index contributed by atoms with van der Waals surface area (Å²) in [7, 11) is 0. The van der Waals surface area contributed by atoms with Crippen molar-refractivity contribution in [1.29, 1.82) is 0 Å². The number of carbonyl (C=O) groups is 2. The molecule has 2 aliphatic heterocycles. The van der Waals surface area contributed by atoms with Crippen LogP contribution in [0.3, 0.4) is 0 Å². The molecule has 28 heavy (non-hydrogen) atoms. The molecule has 3 amide bonds. The number of hydrogen-bond donors (Lipinski definition) is 2. The highest BCUT2D eigenvalue weighted by Crippen LogP contribution is 2.30. The number of nitrogens with one attached hydrogen (secondary N) is 2. The summed E-state index contributed by atoms with van der Waals surface area (Å²) >= 11 is 0. The van der Waals surface area contributed by atoms with Crippen molar-refractivity contribution in [3.8, 4) is 0 Å². The monoisotopic (exact) mass is 383 g/mol. The minimum Gasteiger partial charge on any atom is -0.469 e. The number of furan rings is 1. The van der Waals surface area contributed by atoms with Crippen molar-refractivity contribution in [2.45, 2.75) is 30.8 Å². The molecule has 148 valence electrons. The Morgan fingerprint density at radius 3 is 2.61 bits per heavy atom. The molecule has 4 rings (SSSR count). The van der Waals surface area contributed by atoms with E-state index in [2.05, 4.69) is 22.8 Å². The van der Waals surface area contributed by atoms with Gasteiger partial charge in [-0.25, -0.2) is 9.59 Å². The molecular weight excluding hydrogens is 358 g/mol. The first kappa shape index (κ1) is 18.4. The first-order valence-corrected chi connectivity index (χ1v) is 9.73. The molecule has 2 fully saturated rings. The van der Waals surface area contributed by atoms with Gasteiger partial charge in [-0.2, -0.15) is 0 Å². The third kappa shape index (κ3) is 3.98. The Balaban J connectivity index is 1.29. The van der Waals surface area contributed by atoms with Crippen LogP contribution in [0.15, 0.2) is 53.1 Å². The fraction of sp³-hybridized carbons (Fsp3) is 0.429. The van der Waals surface area contributed by atoms with Crippen molar-refractivity contribution < 1.29 is 18.7 Å². The predicted molar refractivity (Wildman–Crippen MR) is 103 cm³/mol. The number of rotatable bonds is 5. The van der Waals surface area contributed by atoms with Crippen molar-refractivity contribution in [3.63, 3.8) is 0 Å². The van der Waals surface area contributed by atoms with E-state index in [1.807, 2.05) is 30.3 Å². The summed E-state index contributed by atoms with van der Waals surface area (Å²) in [6, 6.07) is 14.0. The minimum absolute atomic E-state index is 0.0709. The quantitative estimate of drug-likeness (QED) is 0.831. The number of hydrogen-bond acceptors (Lipinski definition) is 4. The summed E-state index contributed by atoms with van der Waals surface area (Å²) < 4.78 is 11.0. The van der Waals surface area contributed by atoms with Crippen LogP contribution in [-0.4, -0.2) is 48.8 Å². The lowest BCUT2D eigenvalue weighted by molar-refractivity contribution is 0.00978. The van der Waals surface area contributed by atoms with Crippen molar-refractivity contribution >= 4 is 12.1 Å². The van der Waals surface area contributed by atoms with E-state index in [-0.39, 0.29) is 18.0 Å². The second-order valence-corrected chi connectivity index (χ2v) is 7.41. The second-order valence-electron chi connectivity index (χ2n) is 7.41. The topological polar surface area (TPSA) is 83.8 Å². The van der Waals surface area contributed by atoms with E-state index < -0.39 is 5.60 Å². The number of ether oxygens (including phenoxy) is 1. The summed E-state index contributed by atoms with van der Waals surface area (Å²) in [5, 5.41) is 5.73. The number of likely N-dealkylation sites (tertiary alicyclic amines) is 1. The summed E-state index contributed by atoms with van der Waals surface area (Å²) in [5.41, 5.74) is 0.730. The Bertz CT molecular complexity index is 798. The largest absolute Gasteiger partial charge is 0.469 e. The summed E-state index contributed by atoms with van der Waals surface area (Å²) in [4.78, 5) is 25.6. The Morgan fingerprint density at radius 1 is 1.18 bits per heavy atom. The lowest BCUT2D eigenvalue weighted by atomic mass is 9.92. The molecular formula is C21H25N3O4. The predicted octanol–water partition coefficient (Wildman–Crippen LogP) is 3.09. The van der Waals surface area contributed by atoms with E-state index in [4.69, 9.17) is 9.15 Å². The van der Waals surface area contributed by atoms with Gasteiger partial charge in [0.2, 0.25) is 0 Å². The zero-order valence-electron chi connectivity index (χ0n) is 15.7. The normalized spacial score (nSPS) is 19.1. The smallest absolute Gasteiger partial charge is 0.407 e. The van der Waals surface area contributed by atoms with Crippen molar-refractivity contribution in [1.82, 2.24) is 15.5 Å². The van der Waals surface area contributed by atoms with Crippen LogP contribution in [0.5, 0.6) is 0 Å². The van der Waals surface area contributed by atoms with E-state index in [0.717, 1.165) is 12.2 Å². The van der Waals surface area contributed by atoms with Gasteiger partial charge in [-0.1, -0.05) is 30.3 Å². The van der Waals surface area contributed by atoms with Gasteiger partial charge in [0.1, 0.15) is 11.4 Å². The molecule has 1 aromatic carbocycles. The van der Waals surface area contributed by atoms with Crippen LogP contribution in [-0.2, 0) is 4.74 Å². The number of nitrogens with zero attached hydrogens (tertiary/aromatic N) is 1. The molecule has 0 bridgehead atoms. The molecule has 1 aromatic heterocycles. The van der Waals surface area contributed by atoms with Gasteiger partial charge in [-0.15, -0.1) is 0 Å². The van der Waals surface area contributed by atoms with Crippen LogP contribution >= 0.6 is 0 Å². The number of carbonyl (C=O) groups excluding carboxylic acids is 2. The molecule has 2 aliphatic rings. The maximum Gasteiger partial charge on any atom is 0.407 e. The molecule has 7 heteroatoms. The van der Waals surface area contributed by atoms with Crippen LogP contribution < -0.4 is 10.6 Å². The van der Waals surface area contributed by atoms with Crippen molar-refractivity contribution in [2.24, 2.45) is 0 Å². The molecule has 2 N–H and O–H groups in total. The highest BCUT2D eigenvalue weighted by Gasteiger charge is 2.43. The van der Waals surface area contributed by atoms with E-state index in [1.54, 1.807) is 11.2 Å². The third-order valence-corrected chi connectivity index (χ3v) is 5.62. The van der Waals surface area contributed by atoms with E-state index in [0.29, 0.717) is 39.0 Å². The molecule has 3 heterocycles. The third-order valence-electron chi connectivity index (χ3n) is 5.62. The Morgan fingerprint density at radius 2 is 1.96 bits per heavy atom. The summed E-state index contributed by atoms with van der Waals surface area (Å²) in [5.74, 6) is 1.00. The Labute approximate surface area is 164 Å². The lowest BCUT2D eigenvalue weighted by Crippen LogP contribution is -2.51. The zero-order valence-corrected chi connectivity index (χ0v) is 15.7. The van der Waals surface area contributed by atoms with Crippen LogP contribution in [0.2, 0.25) is 0 Å². The Kier molecular flexibility index (Phi) is 5.23. The maximum atomic E-state index is 12.5. The zero-order chi connectivity index (χ0) is 19.4. The standard InChI is InChI=1S/C21H25N3O4/c25-19(24-12-9-21(10-13-24)15-23-20(26)28-21)22-11-8-17(18-7-4-14-27-18)16-5-2-1-3-6-16/h1-7,14,17H,8-13,15H2,(H,22,25)(H,23,26)/t17-/m1/s1. The van der Waals surface area contributed by atoms with Crippen LogP contribution in [0.1, 0.15) is 36.5 Å². The van der Waals surface area contributed by atoms with Crippen LogP contribution in [0, 0.1) is 0 Å². The number of amides is 3. The number of urea groups is 1. The molecule has 7 nitrogen and oxygen atoms in total. The lowest BCUT2D eigenvalue weighted by Gasteiger charge is -2.37. The van der Waals surface area contributed by atoms with E-state index >= 15 is 0 Å². The van der Waals surface area contributed by atoms with Gasteiger partial charge in [0, 0.05) is 38.4 Å². The first-order valence-electron chi connectivity index (χ1n) is 9.73. The highest BCUT2D eigenvalue weighted by atomic mass is 16.6. The molecule has 2 aromatic rings. The van der Waals surface area contributed by atoms with Gasteiger partial charge in [0.25, 0.3) is 0 Å². The number of alkyl carbamates (subject to hydrolysis) is 1. The number of benzene rings is 1. The molecule has 1 atom stereocenters. The van der Waals surface area contributed by atoms with Gasteiger partial charge in [0.15, 0.2) is 0 Å². The van der Waals surface area contributed by atoms with E-state index in [9.17, 15) is 9.59 Å². The molecule has 2 saturated heterocycles. The summed E-state index contributed by atoms with van der Waals surface area (Å²) in [6.07, 6.45) is 3.40. The average molecular weight is 383 g/mol. The fourth-order valence-electron chi connectivity index (χ4n) is 3.98. The molecule has 0 saturated carbocycles. The molecule has 0 unspecified atom stereocenters.